The minimum atomic E-state index is 0.502. The van der Waals surface area contributed by atoms with Crippen LogP contribution in [0.2, 0.25) is 0 Å². The van der Waals surface area contributed by atoms with E-state index < -0.39 is 0 Å². The standard InChI is InChI=1S/C9H16/c1-4-8-5-6-9(2,3)7-8/h6,8H,1,4-5,7H2,2-3H3. The van der Waals surface area contributed by atoms with Crippen molar-refractivity contribution in [2.24, 2.45) is 11.3 Å². The molecule has 2 radical (unpaired) electrons. The Hall–Kier alpha value is 0. The Morgan fingerprint density at radius 3 is 2.56 bits per heavy atom. The quantitative estimate of drug-likeness (QED) is 0.504. The Bertz CT molecular complexity index is 92.2. The first kappa shape index (κ1) is 7.11. The van der Waals surface area contributed by atoms with Crippen molar-refractivity contribution in [3.63, 3.8) is 0 Å². The average Bonchev–Trinajstić information content (AvgIpc) is 2.10. The molecule has 52 valence electrons. The van der Waals surface area contributed by atoms with Crippen molar-refractivity contribution < 1.29 is 0 Å². The molecule has 0 saturated heterocycles. The second-order valence-electron chi connectivity index (χ2n) is 3.79. The van der Waals surface area contributed by atoms with Crippen LogP contribution in [0.4, 0.5) is 0 Å². The molecule has 1 rings (SSSR count). The molecule has 9 heavy (non-hydrogen) atoms. The highest BCUT2D eigenvalue weighted by molar-refractivity contribution is 4.95. The Morgan fingerprint density at radius 2 is 2.33 bits per heavy atom. The van der Waals surface area contributed by atoms with Gasteiger partial charge in [0.1, 0.15) is 0 Å². The molecule has 0 amide bonds. The van der Waals surface area contributed by atoms with Gasteiger partial charge < -0.3 is 0 Å². The molecule has 0 nitrogen and oxygen atoms in total. The summed E-state index contributed by atoms with van der Waals surface area (Å²) in [5.74, 6) is 0.875. The lowest BCUT2D eigenvalue weighted by Gasteiger charge is -2.15. The molecule has 0 heterocycles. The van der Waals surface area contributed by atoms with Gasteiger partial charge in [0.25, 0.3) is 0 Å². The molecule has 0 aliphatic heterocycles. The summed E-state index contributed by atoms with van der Waals surface area (Å²) in [7, 11) is 0. The highest BCUT2D eigenvalue weighted by Gasteiger charge is 2.29. The van der Waals surface area contributed by atoms with Crippen LogP contribution in [0.15, 0.2) is 0 Å². The molecule has 1 unspecified atom stereocenters. The van der Waals surface area contributed by atoms with Crippen LogP contribution in [0.5, 0.6) is 0 Å². The van der Waals surface area contributed by atoms with Crippen LogP contribution in [-0.2, 0) is 0 Å². The molecule has 1 saturated carbocycles. The van der Waals surface area contributed by atoms with E-state index >= 15 is 0 Å². The van der Waals surface area contributed by atoms with Crippen molar-refractivity contribution in [3.05, 3.63) is 13.3 Å². The number of hydrogen-bond acceptors (Lipinski definition) is 0. The second kappa shape index (κ2) is 2.32. The molecule has 0 aromatic heterocycles. The molecule has 1 atom stereocenters. The van der Waals surface area contributed by atoms with Gasteiger partial charge in [-0.05, 0) is 30.6 Å². The van der Waals surface area contributed by atoms with E-state index in [9.17, 15) is 0 Å². The van der Waals surface area contributed by atoms with E-state index in [-0.39, 0.29) is 0 Å². The monoisotopic (exact) mass is 124 g/mol. The van der Waals surface area contributed by atoms with Crippen molar-refractivity contribution in [2.75, 3.05) is 0 Å². The maximum atomic E-state index is 3.91. The molecule has 0 aromatic rings. The van der Waals surface area contributed by atoms with E-state index in [1.807, 2.05) is 0 Å². The minimum Gasteiger partial charge on any atom is -0.0596 e. The van der Waals surface area contributed by atoms with Gasteiger partial charge in [-0.15, -0.1) is 0 Å². The second-order valence-corrected chi connectivity index (χ2v) is 3.79. The normalized spacial score (nSPS) is 33.0. The first-order valence-electron chi connectivity index (χ1n) is 3.78. The van der Waals surface area contributed by atoms with Gasteiger partial charge in [0.05, 0.1) is 0 Å². The molecular weight excluding hydrogens is 108 g/mol. The average molecular weight is 124 g/mol. The molecule has 1 aliphatic rings. The summed E-state index contributed by atoms with van der Waals surface area (Å²) in [4.78, 5) is 0. The Labute approximate surface area is 58.7 Å². The van der Waals surface area contributed by atoms with Crippen molar-refractivity contribution >= 4 is 0 Å². The minimum absolute atomic E-state index is 0.502. The highest BCUT2D eigenvalue weighted by Crippen LogP contribution is 2.40. The lowest BCUT2D eigenvalue weighted by atomic mass is 9.90. The third-order valence-corrected chi connectivity index (χ3v) is 2.23. The summed E-state index contributed by atoms with van der Waals surface area (Å²) in [5, 5.41) is 0. The summed E-state index contributed by atoms with van der Waals surface area (Å²) in [6, 6.07) is 0. The fraction of sp³-hybridized carbons (Fsp3) is 0.778. The van der Waals surface area contributed by atoms with E-state index in [1.165, 1.54) is 12.8 Å². The zero-order chi connectivity index (χ0) is 6.91. The van der Waals surface area contributed by atoms with Crippen molar-refractivity contribution in [1.29, 1.82) is 0 Å². The maximum absolute atomic E-state index is 3.91. The zero-order valence-corrected chi connectivity index (χ0v) is 6.48. The van der Waals surface area contributed by atoms with Crippen molar-refractivity contribution in [3.8, 4) is 0 Å². The van der Waals surface area contributed by atoms with E-state index in [2.05, 4.69) is 27.2 Å². The summed E-state index contributed by atoms with van der Waals surface area (Å²) < 4.78 is 0. The topological polar surface area (TPSA) is 0 Å². The summed E-state index contributed by atoms with van der Waals surface area (Å²) in [5.41, 5.74) is 0.502. The Morgan fingerprint density at radius 1 is 1.67 bits per heavy atom. The lowest BCUT2D eigenvalue weighted by Crippen LogP contribution is -2.05. The molecule has 0 bridgehead atoms. The van der Waals surface area contributed by atoms with Crippen LogP contribution >= 0.6 is 0 Å². The molecule has 0 spiro atoms. The fourth-order valence-corrected chi connectivity index (χ4v) is 1.62. The first-order valence-corrected chi connectivity index (χ1v) is 3.78. The third-order valence-electron chi connectivity index (χ3n) is 2.23. The lowest BCUT2D eigenvalue weighted by molar-refractivity contribution is 0.402. The summed E-state index contributed by atoms with van der Waals surface area (Å²) in [6.07, 6.45) is 6.18. The van der Waals surface area contributed by atoms with Crippen LogP contribution in [0.1, 0.15) is 33.1 Å². The highest BCUT2D eigenvalue weighted by atomic mass is 14.3. The largest absolute Gasteiger partial charge is 0.0596 e. The van der Waals surface area contributed by atoms with Gasteiger partial charge in [0.2, 0.25) is 0 Å². The first-order chi connectivity index (χ1) is 4.14. The van der Waals surface area contributed by atoms with Crippen LogP contribution < -0.4 is 0 Å². The van der Waals surface area contributed by atoms with Gasteiger partial charge in [-0.25, -0.2) is 0 Å². The van der Waals surface area contributed by atoms with Gasteiger partial charge in [-0.2, -0.15) is 0 Å². The van der Waals surface area contributed by atoms with Crippen LogP contribution in [0.3, 0.4) is 0 Å². The predicted octanol–water partition coefficient (Wildman–Crippen LogP) is 2.85. The third kappa shape index (κ3) is 1.70. The molecule has 1 aliphatic carbocycles. The van der Waals surface area contributed by atoms with E-state index in [0.717, 1.165) is 12.3 Å². The van der Waals surface area contributed by atoms with Gasteiger partial charge in [0.15, 0.2) is 0 Å². The van der Waals surface area contributed by atoms with E-state index in [1.54, 1.807) is 0 Å². The SMILES string of the molecule is [CH2]CC1C[CH]C(C)(C)C1. The van der Waals surface area contributed by atoms with Crippen LogP contribution in [-0.4, -0.2) is 0 Å². The van der Waals surface area contributed by atoms with Crippen LogP contribution in [0, 0.1) is 24.7 Å². The van der Waals surface area contributed by atoms with Gasteiger partial charge in [-0.3, -0.25) is 0 Å². The van der Waals surface area contributed by atoms with E-state index in [0.29, 0.717) is 5.41 Å². The molecular formula is C9H16. The van der Waals surface area contributed by atoms with Crippen LogP contribution in [0.25, 0.3) is 0 Å². The van der Waals surface area contributed by atoms with Gasteiger partial charge in [-0.1, -0.05) is 27.2 Å². The summed E-state index contributed by atoms with van der Waals surface area (Å²) >= 11 is 0. The molecule has 0 heteroatoms. The molecule has 1 fully saturated rings. The number of hydrogen-bond donors (Lipinski definition) is 0. The molecule has 0 aromatic carbocycles. The Kier molecular flexibility index (Phi) is 1.83. The Balaban J connectivity index is 2.38. The molecule has 0 N–H and O–H groups in total. The number of rotatable bonds is 1. The van der Waals surface area contributed by atoms with Gasteiger partial charge >= 0.3 is 0 Å². The van der Waals surface area contributed by atoms with Crippen molar-refractivity contribution in [1.82, 2.24) is 0 Å². The van der Waals surface area contributed by atoms with Gasteiger partial charge in [0, 0.05) is 0 Å². The smallest absolute Gasteiger partial charge is 0.0320 e. The fourth-order valence-electron chi connectivity index (χ4n) is 1.62. The predicted molar refractivity (Wildman–Crippen MR) is 40.8 cm³/mol. The van der Waals surface area contributed by atoms with Crippen molar-refractivity contribution in [2.45, 2.75) is 33.1 Å². The van der Waals surface area contributed by atoms with E-state index in [4.69, 9.17) is 0 Å². The maximum Gasteiger partial charge on any atom is -0.0320 e. The zero-order valence-electron chi connectivity index (χ0n) is 6.48. The summed E-state index contributed by atoms with van der Waals surface area (Å²) in [6.45, 7) is 8.53.